The minimum Gasteiger partial charge on any atom is -0.495 e. The van der Waals surface area contributed by atoms with Crippen molar-refractivity contribution >= 4 is 23.2 Å². The smallest absolute Gasteiger partial charge is 0.238 e. The molecule has 4 nitrogen and oxygen atoms in total. The first-order chi connectivity index (χ1) is 11.8. The molecule has 1 atom stereocenters. The highest BCUT2D eigenvalue weighted by atomic mass is 35.5. The number of halogens is 3. The van der Waals surface area contributed by atoms with Gasteiger partial charge in [0.2, 0.25) is 5.91 Å². The number of rotatable bonds is 6. The van der Waals surface area contributed by atoms with Gasteiger partial charge >= 0.3 is 0 Å². The highest BCUT2D eigenvalue weighted by molar-refractivity contribution is 6.31. The molecule has 0 aliphatic rings. The summed E-state index contributed by atoms with van der Waals surface area (Å²) in [6, 6.07) is 8.34. The first-order valence-corrected chi connectivity index (χ1v) is 7.98. The van der Waals surface area contributed by atoms with Crippen LogP contribution >= 0.6 is 11.6 Å². The molecule has 0 aromatic heterocycles. The summed E-state index contributed by atoms with van der Waals surface area (Å²) in [5, 5.41) is 3.21. The topological polar surface area (TPSA) is 41.6 Å². The van der Waals surface area contributed by atoms with Gasteiger partial charge in [0, 0.05) is 11.1 Å². The first kappa shape index (κ1) is 19.1. The van der Waals surface area contributed by atoms with Crippen LogP contribution in [0.5, 0.6) is 5.75 Å². The molecular formula is C18H19ClF2N2O2. The third-order valence-electron chi connectivity index (χ3n) is 3.92. The number of ether oxygens (including phenoxy) is 1. The van der Waals surface area contributed by atoms with E-state index >= 15 is 0 Å². The van der Waals surface area contributed by atoms with Crippen molar-refractivity contribution in [2.75, 3.05) is 26.0 Å². The molecule has 0 heterocycles. The van der Waals surface area contributed by atoms with E-state index in [1.807, 2.05) is 0 Å². The van der Waals surface area contributed by atoms with Gasteiger partial charge in [-0.1, -0.05) is 17.7 Å². The lowest BCUT2D eigenvalue weighted by Crippen LogP contribution is -2.32. The van der Waals surface area contributed by atoms with Crippen LogP contribution in [0.25, 0.3) is 0 Å². The van der Waals surface area contributed by atoms with Gasteiger partial charge in [-0.3, -0.25) is 9.69 Å². The molecular weight excluding hydrogens is 350 g/mol. The fourth-order valence-corrected chi connectivity index (χ4v) is 2.53. The molecule has 0 aliphatic heterocycles. The lowest BCUT2D eigenvalue weighted by molar-refractivity contribution is -0.117. The fraction of sp³-hybridized carbons (Fsp3) is 0.278. The Morgan fingerprint density at radius 1 is 1.24 bits per heavy atom. The Labute approximate surface area is 150 Å². The Kier molecular flexibility index (Phi) is 6.33. The third-order valence-corrected chi connectivity index (χ3v) is 4.15. The van der Waals surface area contributed by atoms with Crippen molar-refractivity contribution in [1.82, 2.24) is 4.90 Å². The standard InChI is InChI=1S/C18H19ClF2N2O2/c1-11(12-4-6-14(20)15(21)8-12)23(2)10-18(24)22-16-9-13(19)5-7-17(16)25-3/h4-9,11H,10H2,1-3H3,(H,22,24). The molecule has 25 heavy (non-hydrogen) atoms. The number of carbonyl (C=O) groups excluding carboxylic acids is 1. The molecule has 0 bridgehead atoms. The minimum absolute atomic E-state index is 0.0514. The normalized spacial score (nSPS) is 12.1. The zero-order chi connectivity index (χ0) is 18.6. The van der Waals surface area contributed by atoms with Crippen molar-refractivity contribution in [1.29, 1.82) is 0 Å². The predicted molar refractivity (Wildman–Crippen MR) is 94.0 cm³/mol. The van der Waals surface area contributed by atoms with Gasteiger partial charge in [0.05, 0.1) is 19.3 Å². The number of methoxy groups -OCH3 is 1. The Bertz CT molecular complexity index is 771. The van der Waals surface area contributed by atoms with Crippen LogP contribution in [-0.2, 0) is 4.79 Å². The van der Waals surface area contributed by atoms with Crippen LogP contribution in [0.15, 0.2) is 36.4 Å². The predicted octanol–water partition coefficient (Wildman–Crippen LogP) is 4.26. The number of benzene rings is 2. The Balaban J connectivity index is 2.04. The summed E-state index contributed by atoms with van der Waals surface area (Å²) in [6.07, 6.45) is 0. The van der Waals surface area contributed by atoms with Gasteiger partial charge in [-0.05, 0) is 49.9 Å². The van der Waals surface area contributed by atoms with Crippen LogP contribution in [0.4, 0.5) is 14.5 Å². The second-order valence-corrected chi connectivity index (χ2v) is 6.09. The number of amides is 1. The summed E-state index contributed by atoms with van der Waals surface area (Å²) in [7, 11) is 3.22. The van der Waals surface area contributed by atoms with Gasteiger partial charge in [0.25, 0.3) is 0 Å². The van der Waals surface area contributed by atoms with Crippen molar-refractivity contribution in [2.24, 2.45) is 0 Å². The Hall–Kier alpha value is -2.18. The third kappa shape index (κ3) is 4.90. The highest BCUT2D eigenvalue weighted by Crippen LogP contribution is 2.28. The van der Waals surface area contributed by atoms with Gasteiger partial charge < -0.3 is 10.1 Å². The summed E-state index contributed by atoms with van der Waals surface area (Å²) >= 11 is 5.94. The largest absolute Gasteiger partial charge is 0.495 e. The molecule has 1 amide bonds. The van der Waals surface area contributed by atoms with E-state index in [4.69, 9.17) is 16.3 Å². The Morgan fingerprint density at radius 3 is 2.60 bits per heavy atom. The molecule has 1 N–H and O–H groups in total. The van der Waals surface area contributed by atoms with Crippen LogP contribution in [-0.4, -0.2) is 31.5 Å². The van der Waals surface area contributed by atoms with Gasteiger partial charge in [-0.25, -0.2) is 8.78 Å². The van der Waals surface area contributed by atoms with E-state index in [9.17, 15) is 13.6 Å². The van der Waals surface area contributed by atoms with E-state index in [2.05, 4.69) is 5.32 Å². The minimum atomic E-state index is -0.911. The average Bonchev–Trinajstić information content (AvgIpc) is 2.56. The van der Waals surface area contributed by atoms with E-state index in [1.54, 1.807) is 37.1 Å². The van der Waals surface area contributed by atoms with Gasteiger partial charge in [0.1, 0.15) is 5.75 Å². The summed E-state index contributed by atoms with van der Waals surface area (Å²) < 4.78 is 31.6. The van der Waals surface area contributed by atoms with Crippen molar-refractivity contribution in [3.63, 3.8) is 0 Å². The average molecular weight is 369 g/mol. The van der Waals surface area contributed by atoms with Gasteiger partial charge in [0.15, 0.2) is 11.6 Å². The first-order valence-electron chi connectivity index (χ1n) is 7.60. The fourth-order valence-electron chi connectivity index (χ4n) is 2.36. The molecule has 0 fully saturated rings. The number of nitrogens with one attached hydrogen (secondary N) is 1. The van der Waals surface area contributed by atoms with E-state index in [-0.39, 0.29) is 18.5 Å². The van der Waals surface area contributed by atoms with Gasteiger partial charge in [-0.15, -0.1) is 0 Å². The lowest BCUT2D eigenvalue weighted by atomic mass is 10.1. The van der Waals surface area contributed by atoms with Crippen molar-refractivity contribution in [3.8, 4) is 5.75 Å². The maximum atomic E-state index is 13.4. The number of carbonyl (C=O) groups is 1. The molecule has 0 spiro atoms. The summed E-state index contributed by atoms with van der Waals surface area (Å²) in [4.78, 5) is 14.0. The van der Waals surface area contributed by atoms with Crippen LogP contribution in [0.1, 0.15) is 18.5 Å². The molecule has 2 rings (SSSR count). The maximum Gasteiger partial charge on any atom is 0.238 e. The van der Waals surface area contributed by atoms with Crippen LogP contribution in [0.2, 0.25) is 5.02 Å². The van der Waals surface area contributed by atoms with Crippen LogP contribution in [0, 0.1) is 11.6 Å². The number of nitrogens with zero attached hydrogens (tertiary/aromatic N) is 1. The SMILES string of the molecule is COc1ccc(Cl)cc1NC(=O)CN(C)C(C)c1ccc(F)c(F)c1. The molecule has 1 unspecified atom stereocenters. The molecule has 0 radical (unpaired) electrons. The van der Waals surface area contributed by atoms with Crippen molar-refractivity contribution < 1.29 is 18.3 Å². The Morgan fingerprint density at radius 2 is 1.96 bits per heavy atom. The molecule has 0 saturated carbocycles. The summed E-state index contributed by atoms with van der Waals surface area (Å²) in [5.74, 6) is -1.60. The zero-order valence-corrected chi connectivity index (χ0v) is 14.9. The van der Waals surface area contributed by atoms with Crippen LogP contribution in [0.3, 0.4) is 0 Å². The molecule has 7 heteroatoms. The van der Waals surface area contributed by atoms with E-state index in [0.717, 1.165) is 12.1 Å². The van der Waals surface area contributed by atoms with Crippen LogP contribution < -0.4 is 10.1 Å². The number of likely N-dealkylation sites (N-methyl/N-ethyl adjacent to an activating group) is 1. The van der Waals surface area contributed by atoms with Gasteiger partial charge in [-0.2, -0.15) is 0 Å². The molecule has 134 valence electrons. The highest BCUT2D eigenvalue weighted by Gasteiger charge is 2.17. The second-order valence-electron chi connectivity index (χ2n) is 5.66. The zero-order valence-electron chi connectivity index (χ0n) is 14.1. The summed E-state index contributed by atoms with van der Waals surface area (Å²) in [5.41, 5.74) is 1.04. The van der Waals surface area contributed by atoms with E-state index in [0.29, 0.717) is 22.0 Å². The molecule has 2 aromatic carbocycles. The lowest BCUT2D eigenvalue weighted by Gasteiger charge is -2.24. The summed E-state index contributed by atoms with van der Waals surface area (Å²) in [6.45, 7) is 1.86. The number of hydrogen-bond acceptors (Lipinski definition) is 3. The van der Waals surface area contributed by atoms with Crippen molar-refractivity contribution in [3.05, 3.63) is 58.6 Å². The van der Waals surface area contributed by atoms with E-state index in [1.165, 1.54) is 13.2 Å². The van der Waals surface area contributed by atoms with E-state index < -0.39 is 11.6 Å². The quantitative estimate of drug-likeness (QED) is 0.828. The molecule has 0 saturated heterocycles. The number of anilines is 1. The van der Waals surface area contributed by atoms with Crippen molar-refractivity contribution in [2.45, 2.75) is 13.0 Å². The monoisotopic (exact) mass is 368 g/mol. The molecule has 2 aromatic rings. The maximum absolute atomic E-state index is 13.4. The second kappa shape index (κ2) is 8.27. The number of hydrogen-bond donors (Lipinski definition) is 1. The molecule has 0 aliphatic carbocycles.